The van der Waals surface area contributed by atoms with Crippen LogP contribution < -0.4 is 11.1 Å². The fourth-order valence-corrected chi connectivity index (χ4v) is 3.45. The van der Waals surface area contributed by atoms with Gasteiger partial charge in [0, 0.05) is 11.4 Å². The van der Waals surface area contributed by atoms with E-state index in [2.05, 4.69) is 26.8 Å². The van der Waals surface area contributed by atoms with Gasteiger partial charge < -0.3 is 15.6 Å². The molecule has 0 fully saturated rings. The number of carbonyl (C=O) groups is 1. The zero-order valence-electron chi connectivity index (χ0n) is 13.2. The lowest BCUT2D eigenvalue weighted by Gasteiger charge is -2.07. The number of anilines is 1. The molecule has 3 aromatic rings. The molecule has 0 spiro atoms. The molecule has 0 saturated heterocycles. The number of thiazole rings is 1. The van der Waals surface area contributed by atoms with Crippen molar-refractivity contribution >= 4 is 33.4 Å². The minimum Gasteiger partial charge on any atom is -0.375 e. The lowest BCUT2D eigenvalue weighted by molar-refractivity contribution is -0.120. The Morgan fingerprint density at radius 3 is 2.83 bits per heavy atom. The number of rotatable bonds is 5. The number of hydrogen-bond donors (Lipinski definition) is 2. The fourth-order valence-electron chi connectivity index (χ4n) is 2.61. The average molecular weight is 329 g/mol. The number of carbonyl (C=O) groups excluding carboxylic acids is 1. The summed E-state index contributed by atoms with van der Waals surface area (Å²) in [7, 11) is 0. The van der Waals surface area contributed by atoms with Gasteiger partial charge in [0.1, 0.15) is 5.82 Å². The number of imidazole rings is 1. The molecule has 3 rings (SSSR count). The van der Waals surface area contributed by atoms with Gasteiger partial charge in [-0.1, -0.05) is 12.1 Å². The number of nitrogens with two attached hydrogens (primary N) is 1. The summed E-state index contributed by atoms with van der Waals surface area (Å²) in [5.41, 5.74) is 8.52. The van der Waals surface area contributed by atoms with E-state index in [1.165, 1.54) is 11.3 Å². The highest BCUT2D eigenvalue weighted by Gasteiger charge is 2.13. The highest BCUT2D eigenvalue weighted by atomic mass is 32.1. The van der Waals surface area contributed by atoms with Crippen LogP contribution in [0, 0.1) is 6.92 Å². The molecule has 0 unspecified atom stereocenters. The quantitative estimate of drug-likeness (QED) is 0.752. The molecule has 1 aromatic carbocycles. The van der Waals surface area contributed by atoms with Gasteiger partial charge in [0.25, 0.3) is 0 Å². The first kappa shape index (κ1) is 15.5. The van der Waals surface area contributed by atoms with E-state index in [0.29, 0.717) is 18.1 Å². The van der Waals surface area contributed by atoms with Crippen molar-refractivity contribution in [1.29, 1.82) is 0 Å². The molecule has 0 saturated carbocycles. The molecule has 23 heavy (non-hydrogen) atoms. The molecule has 0 aliphatic rings. The van der Waals surface area contributed by atoms with Gasteiger partial charge in [-0.25, -0.2) is 9.97 Å². The molecule has 3 N–H and O–H groups in total. The number of benzene rings is 1. The second-order valence-electron chi connectivity index (χ2n) is 5.28. The Hall–Kier alpha value is -2.41. The molecule has 2 aromatic heterocycles. The van der Waals surface area contributed by atoms with Gasteiger partial charge in [-0.05, 0) is 26.0 Å². The molecule has 0 aliphatic heterocycles. The van der Waals surface area contributed by atoms with Gasteiger partial charge in [0.05, 0.1) is 29.7 Å². The maximum absolute atomic E-state index is 12.2. The van der Waals surface area contributed by atoms with Crippen molar-refractivity contribution in [3.63, 3.8) is 0 Å². The summed E-state index contributed by atoms with van der Waals surface area (Å²) in [6.07, 6.45) is 0.299. The third-order valence-corrected chi connectivity index (χ3v) is 4.71. The van der Waals surface area contributed by atoms with E-state index in [1.54, 1.807) is 0 Å². The highest BCUT2D eigenvalue weighted by Crippen LogP contribution is 2.20. The van der Waals surface area contributed by atoms with Crippen LogP contribution in [-0.4, -0.2) is 20.4 Å². The van der Waals surface area contributed by atoms with E-state index in [4.69, 9.17) is 5.73 Å². The lowest BCUT2D eigenvalue weighted by atomic mass is 10.3. The van der Waals surface area contributed by atoms with Gasteiger partial charge >= 0.3 is 0 Å². The smallest absolute Gasteiger partial charge is 0.225 e. The number of nitrogens with zero attached hydrogens (tertiary/aromatic N) is 3. The number of aryl methyl sites for hydroxylation is 2. The van der Waals surface area contributed by atoms with Crippen LogP contribution in [-0.2, 0) is 24.3 Å². The molecule has 0 radical (unpaired) electrons. The highest BCUT2D eigenvalue weighted by molar-refractivity contribution is 7.15. The zero-order valence-corrected chi connectivity index (χ0v) is 14.0. The Labute approximate surface area is 138 Å². The summed E-state index contributed by atoms with van der Waals surface area (Å²) >= 11 is 1.36. The van der Waals surface area contributed by atoms with Crippen molar-refractivity contribution in [2.45, 2.75) is 33.4 Å². The largest absolute Gasteiger partial charge is 0.375 e. The first-order chi connectivity index (χ1) is 11.1. The van der Waals surface area contributed by atoms with E-state index in [9.17, 15) is 4.79 Å². The summed E-state index contributed by atoms with van der Waals surface area (Å²) < 4.78 is 2.12. The van der Waals surface area contributed by atoms with Crippen LogP contribution in [0.25, 0.3) is 11.0 Å². The molecular weight excluding hydrogens is 310 g/mol. The van der Waals surface area contributed by atoms with E-state index in [1.807, 2.05) is 31.2 Å². The van der Waals surface area contributed by atoms with Crippen molar-refractivity contribution in [2.24, 2.45) is 0 Å². The number of fused-ring (bicyclic) bond motifs is 1. The normalized spacial score (nSPS) is 11.0. The predicted octanol–water partition coefficient (Wildman–Crippen LogP) is 2.26. The number of hydrogen-bond acceptors (Lipinski definition) is 5. The van der Waals surface area contributed by atoms with Crippen LogP contribution in [0.5, 0.6) is 0 Å². The Kier molecular flexibility index (Phi) is 4.29. The van der Waals surface area contributed by atoms with Crippen molar-refractivity contribution < 1.29 is 4.79 Å². The van der Waals surface area contributed by atoms with Crippen LogP contribution in [0.15, 0.2) is 24.3 Å². The van der Waals surface area contributed by atoms with Crippen molar-refractivity contribution in [3.05, 3.63) is 40.7 Å². The molecule has 2 heterocycles. The van der Waals surface area contributed by atoms with Crippen LogP contribution in [0.2, 0.25) is 0 Å². The van der Waals surface area contributed by atoms with Gasteiger partial charge in [-0.2, -0.15) is 0 Å². The molecular formula is C16H19N5OS. The van der Waals surface area contributed by atoms with E-state index >= 15 is 0 Å². The Morgan fingerprint density at radius 1 is 1.35 bits per heavy atom. The van der Waals surface area contributed by atoms with E-state index in [-0.39, 0.29) is 5.91 Å². The number of nitrogens with one attached hydrogen (secondary N) is 1. The monoisotopic (exact) mass is 329 g/mol. The topological polar surface area (TPSA) is 85.8 Å². The van der Waals surface area contributed by atoms with Crippen molar-refractivity contribution in [2.75, 3.05) is 5.73 Å². The standard InChI is InChI=1S/C16H19N5OS/c1-3-21-12-7-5-4-6-11(12)20-14(21)9-18-15(22)8-13-10(2)19-16(17)23-13/h4-7H,3,8-9H2,1-2H3,(H2,17,19)(H,18,22). The first-order valence-electron chi connectivity index (χ1n) is 7.51. The van der Waals surface area contributed by atoms with Gasteiger partial charge in [-0.15, -0.1) is 11.3 Å². The summed E-state index contributed by atoms with van der Waals surface area (Å²) in [6.45, 7) is 5.17. The molecule has 0 atom stereocenters. The van der Waals surface area contributed by atoms with Gasteiger partial charge in [0.15, 0.2) is 5.13 Å². The average Bonchev–Trinajstić information content (AvgIpc) is 3.04. The number of nitrogen functional groups attached to an aromatic ring is 1. The fraction of sp³-hybridized carbons (Fsp3) is 0.312. The number of para-hydroxylation sites is 2. The summed E-state index contributed by atoms with van der Waals surface area (Å²) in [6, 6.07) is 7.99. The number of amides is 1. The second-order valence-corrected chi connectivity index (χ2v) is 6.39. The Balaban J connectivity index is 1.70. The van der Waals surface area contributed by atoms with Gasteiger partial charge in [0.2, 0.25) is 5.91 Å². The summed E-state index contributed by atoms with van der Waals surface area (Å²) in [5, 5.41) is 3.43. The summed E-state index contributed by atoms with van der Waals surface area (Å²) in [5.74, 6) is 0.814. The van der Waals surface area contributed by atoms with Crippen molar-refractivity contribution in [1.82, 2.24) is 19.9 Å². The van der Waals surface area contributed by atoms with Crippen molar-refractivity contribution in [3.8, 4) is 0 Å². The molecule has 0 aliphatic carbocycles. The SMILES string of the molecule is CCn1c(CNC(=O)Cc2sc(N)nc2C)nc2ccccc21. The van der Waals surface area contributed by atoms with Crippen LogP contribution in [0.1, 0.15) is 23.3 Å². The lowest BCUT2D eigenvalue weighted by Crippen LogP contribution is -2.26. The summed E-state index contributed by atoms with van der Waals surface area (Å²) in [4.78, 5) is 21.8. The molecule has 1 amide bonds. The maximum Gasteiger partial charge on any atom is 0.225 e. The zero-order chi connectivity index (χ0) is 16.4. The third kappa shape index (κ3) is 3.19. The molecule has 7 heteroatoms. The first-order valence-corrected chi connectivity index (χ1v) is 8.32. The van der Waals surface area contributed by atoms with E-state index < -0.39 is 0 Å². The van der Waals surface area contributed by atoms with Crippen LogP contribution in [0.4, 0.5) is 5.13 Å². The van der Waals surface area contributed by atoms with Crippen LogP contribution >= 0.6 is 11.3 Å². The Bertz CT molecular complexity index is 851. The van der Waals surface area contributed by atoms with Crippen LogP contribution in [0.3, 0.4) is 0 Å². The number of aromatic nitrogens is 3. The molecule has 6 nitrogen and oxygen atoms in total. The third-order valence-electron chi connectivity index (χ3n) is 3.72. The molecule has 120 valence electrons. The second kappa shape index (κ2) is 6.37. The van der Waals surface area contributed by atoms with Gasteiger partial charge in [-0.3, -0.25) is 4.79 Å². The van der Waals surface area contributed by atoms with E-state index in [0.717, 1.165) is 34.0 Å². The maximum atomic E-state index is 12.2. The molecule has 0 bridgehead atoms. The minimum atomic E-state index is -0.0496. The predicted molar refractivity (Wildman–Crippen MR) is 92.2 cm³/mol. The Morgan fingerprint density at radius 2 is 2.13 bits per heavy atom. The minimum absolute atomic E-state index is 0.0496.